The van der Waals surface area contributed by atoms with Gasteiger partial charge < -0.3 is 14.6 Å². The first kappa shape index (κ1) is 26.9. The van der Waals surface area contributed by atoms with E-state index in [0.29, 0.717) is 5.92 Å². The van der Waals surface area contributed by atoms with Crippen LogP contribution >= 0.6 is 24.8 Å². The van der Waals surface area contributed by atoms with Crippen molar-refractivity contribution in [1.29, 1.82) is 0 Å². The first-order valence-electron chi connectivity index (χ1n) is 12.2. The lowest BCUT2D eigenvalue weighted by Gasteiger charge is -2.48. The smallest absolute Gasteiger partial charge is 0.119 e. The molecule has 1 aliphatic heterocycles. The molecular weight excluding hydrogens is 465 g/mol. The van der Waals surface area contributed by atoms with Gasteiger partial charge in [0.2, 0.25) is 0 Å². The molecule has 6 heteroatoms. The molecule has 0 bridgehead atoms. The predicted molar refractivity (Wildman–Crippen MR) is 147 cm³/mol. The van der Waals surface area contributed by atoms with Gasteiger partial charge in [0.1, 0.15) is 5.75 Å². The molecule has 34 heavy (non-hydrogen) atoms. The van der Waals surface area contributed by atoms with Crippen LogP contribution in [0.25, 0.3) is 10.9 Å². The van der Waals surface area contributed by atoms with Gasteiger partial charge in [-0.1, -0.05) is 30.3 Å². The number of hydrogen-bond acceptors (Lipinski definition) is 3. The summed E-state index contributed by atoms with van der Waals surface area (Å²) in [5.41, 5.74) is 4.37. The Morgan fingerprint density at radius 1 is 0.941 bits per heavy atom. The second-order valence-electron chi connectivity index (χ2n) is 9.99. The van der Waals surface area contributed by atoms with E-state index in [1.807, 2.05) is 6.07 Å². The number of rotatable bonds is 5. The van der Waals surface area contributed by atoms with Gasteiger partial charge in [-0.2, -0.15) is 0 Å². The van der Waals surface area contributed by atoms with E-state index in [0.717, 1.165) is 11.8 Å². The monoisotopic (exact) mass is 503 g/mol. The van der Waals surface area contributed by atoms with Crippen LogP contribution in [0.5, 0.6) is 5.75 Å². The summed E-state index contributed by atoms with van der Waals surface area (Å²) in [7, 11) is 6.27. The number of fused-ring (bicyclic) bond motifs is 1. The second-order valence-corrected chi connectivity index (χ2v) is 9.99. The summed E-state index contributed by atoms with van der Waals surface area (Å²) in [5.74, 6) is 1.58. The lowest BCUT2D eigenvalue weighted by molar-refractivity contribution is 0.0401. The number of H-pyrrole nitrogens is 1. The van der Waals surface area contributed by atoms with Crippen LogP contribution in [0.4, 0.5) is 0 Å². The third-order valence-corrected chi connectivity index (χ3v) is 8.36. The number of likely N-dealkylation sites (tertiary alicyclic amines) is 1. The van der Waals surface area contributed by atoms with Gasteiger partial charge in [-0.3, -0.25) is 4.90 Å². The van der Waals surface area contributed by atoms with Crippen molar-refractivity contribution in [2.45, 2.75) is 56.0 Å². The maximum absolute atomic E-state index is 5.47. The van der Waals surface area contributed by atoms with E-state index in [4.69, 9.17) is 4.74 Å². The average molecular weight is 505 g/mol. The molecule has 186 valence electrons. The molecule has 3 aromatic rings. The molecule has 1 saturated carbocycles. The molecule has 2 aliphatic rings. The van der Waals surface area contributed by atoms with E-state index in [2.05, 4.69) is 77.5 Å². The summed E-state index contributed by atoms with van der Waals surface area (Å²) < 4.78 is 5.47. The van der Waals surface area contributed by atoms with Gasteiger partial charge in [-0.05, 0) is 101 Å². The Balaban J connectivity index is 0.00000162. The molecule has 1 aromatic heterocycles. The number of hydrogen-bond donors (Lipinski definition) is 1. The normalized spacial score (nSPS) is 23.9. The summed E-state index contributed by atoms with van der Waals surface area (Å²) in [4.78, 5) is 8.73. The van der Waals surface area contributed by atoms with E-state index >= 15 is 0 Å². The number of aromatic nitrogens is 1. The SMILES string of the molecule is COc1ccc2[nH]cc(C3CCN(C4CCC(c5ccccc5)(N(C)C)CC4)CC3)c2c1.Cl.Cl. The molecule has 1 saturated heterocycles. The van der Waals surface area contributed by atoms with E-state index in [9.17, 15) is 0 Å². The summed E-state index contributed by atoms with van der Waals surface area (Å²) in [5, 5.41) is 1.33. The Morgan fingerprint density at radius 3 is 2.24 bits per heavy atom. The minimum absolute atomic E-state index is 0. The highest BCUT2D eigenvalue weighted by Crippen LogP contribution is 2.43. The number of methoxy groups -OCH3 is 1. The van der Waals surface area contributed by atoms with Gasteiger partial charge in [0.05, 0.1) is 7.11 Å². The molecule has 0 amide bonds. The Kier molecular flexibility index (Phi) is 8.97. The second kappa shape index (κ2) is 11.3. The molecule has 0 spiro atoms. The summed E-state index contributed by atoms with van der Waals surface area (Å²) in [6.07, 6.45) is 9.81. The number of piperidine rings is 1. The number of halogens is 2. The highest BCUT2D eigenvalue weighted by atomic mass is 35.5. The van der Waals surface area contributed by atoms with Crippen molar-refractivity contribution in [3.8, 4) is 5.75 Å². The molecule has 4 nitrogen and oxygen atoms in total. The van der Waals surface area contributed by atoms with Crippen LogP contribution in [0.2, 0.25) is 0 Å². The molecule has 0 unspecified atom stereocenters. The zero-order valence-corrected chi connectivity index (χ0v) is 22.3. The third-order valence-electron chi connectivity index (χ3n) is 8.36. The van der Waals surface area contributed by atoms with Crippen molar-refractivity contribution >= 4 is 35.7 Å². The molecule has 2 aromatic carbocycles. The number of aromatic amines is 1. The minimum atomic E-state index is 0. The van der Waals surface area contributed by atoms with Crippen molar-refractivity contribution in [2.75, 3.05) is 34.3 Å². The number of benzene rings is 2. The average Bonchev–Trinajstić information content (AvgIpc) is 3.28. The molecule has 1 aliphatic carbocycles. The van der Waals surface area contributed by atoms with Crippen molar-refractivity contribution in [3.63, 3.8) is 0 Å². The van der Waals surface area contributed by atoms with Crippen molar-refractivity contribution in [2.24, 2.45) is 0 Å². The highest BCUT2D eigenvalue weighted by Gasteiger charge is 2.40. The number of nitrogens with zero attached hydrogens (tertiary/aromatic N) is 2. The zero-order valence-electron chi connectivity index (χ0n) is 20.6. The molecule has 2 heterocycles. The standard InChI is InChI=1S/C28H37N3O.2ClH/c1-30(2)28(22-7-5-4-6-8-22)15-11-23(12-16-28)31-17-13-21(14-18-31)26-20-29-27-10-9-24(32-3)19-25(26)27;;/h4-10,19-21,23,29H,11-18H2,1-3H3;2*1H. The fourth-order valence-electron chi connectivity index (χ4n) is 6.35. The largest absolute Gasteiger partial charge is 0.497 e. The van der Waals surface area contributed by atoms with E-state index in [1.165, 1.54) is 73.6 Å². The van der Waals surface area contributed by atoms with Gasteiger partial charge in [-0.25, -0.2) is 0 Å². The Hall–Kier alpha value is -1.72. The fourth-order valence-corrected chi connectivity index (χ4v) is 6.35. The van der Waals surface area contributed by atoms with Crippen LogP contribution in [0, 0.1) is 0 Å². The predicted octanol–water partition coefficient (Wildman–Crippen LogP) is 6.60. The van der Waals surface area contributed by atoms with E-state index in [-0.39, 0.29) is 30.4 Å². The molecule has 0 radical (unpaired) electrons. The quantitative estimate of drug-likeness (QED) is 0.425. The highest BCUT2D eigenvalue weighted by molar-refractivity contribution is 5.86. The van der Waals surface area contributed by atoms with Gasteiger partial charge in [0.15, 0.2) is 0 Å². The van der Waals surface area contributed by atoms with Crippen molar-refractivity contribution < 1.29 is 4.74 Å². The lowest BCUT2D eigenvalue weighted by atomic mass is 9.73. The maximum Gasteiger partial charge on any atom is 0.119 e. The maximum atomic E-state index is 5.47. The summed E-state index contributed by atoms with van der Waals surface area (Å²) in [6, 6.07) is 18.3. The minimum Gasteiger partial charge on any atom is -0.497 e. The molecule has 0 atom stereocenters. The van der Waals surface area contributed by atoms with Crippen LogP contribution in [-0.4, -0.2) is 55.1 Å². The molecule has 5 rings (SSSR count). The molecular formula is C28H39Cl2N3O. The molecule has 1 N–H and O–H groups in total. The fraction of sp³-hybridized carbons (Fsp3) is 0.500. The van der Waals surface area contributed by atoms with Gasteiger partial charge in [0, 0.05) is 28.7 Å². The van der Waals surface area contributed by atoms with Crippen LogP contribution < -0.4 is 4.74 Å². The van der Waals surface area contributed by atoms with E-state index < -0.39 is 0 Å². The topological polar surface area (TPSA) is 31.5 Å². The molecule has 2 fully saturated rings. The first-order valence-corrected chi connectivity index (χ1v) is 12.2. The van der Waals surface area contributed by atoms with Crippen LogP contribution in [-0.2, 0) is 5.54 Å². The Bertz CT molecular complexity index is 1040. The van der Waals surface area contributed by atoms with Gasteiger partial charge in [0.25, 0.3) is 0 Å². The van der Waals surface area contributed by atoms with Gasteiger partial charge >= 0.3 is 0 Å². The summed E-state index contributed by atoms with van der Waals surface area (Å²) >= 11 is 0. The van der Waals surface area contributed by atoms with Crippen molar-refractivity contribution in [1.82, 2.24) is 14.8 Å². The number of nitrogens with one attached hydrogen (secondary N) is 1. The van der Waals surface area contributed by atoms with E-state index in [1.54, 1.807) is 7.11 Å². The van der Waals surface area contributed by atoms with Crippen LogP contribution in [0.3, 0.4) is 0 Å². The number of ether oxygens (including phenoxy) is 1. The third kappa shape index (κ3) is 4.97. The summed E-state index contributed by atoms with van der Waals surface area (Å²) in [6.45, 7) is 2.43. The zero-order chi connectivity index (χ0) is 22.1. The Morgan fingerprint density at radius 2 is 1.62 bits per heavy atom. The Labute approximate surface area is 216 Å². The van der Waals surface area contributed by atoms with Crippen LogP contribution in [0.1, 0.15) is 55.6 Å². The van der Waals surface area contributed by atoms with Crippen LogP contribution in [0.15, 0.2) is 54.7 Å². The van der Waals surface area contributed by atoms with Gasteiger partial charge in [-0.15, -0.1) is 24.8 Å². The lowest BCUT2D eigenvalue weighted by Crippen LogP contribution is -2.50. The first-order chi connectivity index (χ1) is 15.6. The van der Waals surface area contributed by atoms with Crippen molar-refractivity contribution in [3.05, 3.63) is 65.9 Å².